The minimum Gasteiger partial charge on any atom is -0.455 e. The summed E-state index contributed by atoms with van der Waals surface area (Å²) in [6, 6.07) is 59.8. The van der Waals surface area contributed by atoms with Crippen molar-refractivity contribution in [3.63, 3.8) is 0 Å². The average Bonchev–Trinajstić information content (AvgIpc) is 3.68. The molecular weight excluding hydrogens is 583 g/mol. The van der Waals surface area contributed by atoms with Crippen LogP contribution in [0.1, 0.15) is 0 Å². The fourth-order valence-electron chi connectivity index (χ4n) is 8.07. The number of hydrogen-bond acceptors (Lipinski definition) is 1. The van der Waals surface area contributed by atoms with Crippen LogP contribution in [0.2, 0.25) is 0 Å². The summed E-state index contributed by atoms with van der Waals surface area (Å²) in [5.41, 5.74) is 7.71. The van der Waals surface area contributed by atoms with Crippen LogP contribution >= 0.6 is 0 Å². The fourth-order valence-corrected chi connectivity index (χ4v) is 8.07. The predicted octanol–water partition coefficient (Wildman–Crippen LogP) is 13.0. The predicted molar refractivity (Wildman–Crippen MR) is 204 cm³/mol. The molecule has 0 radical (unpaired) electrons. The molecule has 11 rings (SSSR count). The van der Waals surface area contributed by atoms with Crippen molar-refractivity contribution in [2.75, 3.05) is 0 Å². The molecule has 222 valence electrons. The summed E-state index contributed by atoms with van der Waals surface area (Å²) in [7, 11) is 0. The Labute approximate surface area is 275 Å². The molecule has 0 bridgehead atoms. The molecular formula is C46H27NO. The quantitative estimate of drug-likeness (QED) is 0.178. The summed E-state index contributed by atoms with van der Waals surface area (Å²) < 4.78 is 8.98. The molecule has 48 heavy (non-hydrogen) atoms. The maximum atomic E-state index is 6.47. The first-order valence-electron chi connectivity index (χ1n) is 16.5. The lowest BCUT2D eigenvalue weighted by Gasteiger charge is -2.17. The molecule has 0 atom stereocenters. The first-order chi connectivity index (χ1) is 23.8. The monoisotopic (exact) mass is 609 g/mol. The van der Waals surface area contributed by atoms with Crippen LogP contribution in [0.4, 0.5) is 0 Å². The highest BCUT2D eigenvalue weighted by Gasteiger charge is 2.20. The molecule has 0 unspecified atom stereocenters. The van der Waals surface area contributed by atoms with Crippen molar-refractivity contribution in [1.82, 2.24) is 4.57 Å². The van der Waals surface area contributed by atoms with Gasteiger partial charge in [-0.3, -0.25) is 0 Å². The lowest BCUT2D eigenvalue weighted by molar-refractivity contribution is 0.670. The standard InChI is InChI=1S/C46H27NO/c1-3-12-30-25-39-33(22-28(30)10-1)24-34-23-29-11-2-4-13-31(29)26-40(34)45(39)47-42-18-7-5-14-36(42)41-27-32(20-21-43(41)47)35-16-9-17-38-37-15-6-8-19-44(37)48-46(35)38/h1-27H. The third kappa shape index (κ3) is 3.57. The van der Waals surface area contributed by atoms with Crippen LogP contribution in [0.15, 0.2) is 168 Å². The summed E-state index contributed by atoms with van der Waals surface area (Å²) in [5, 5.41) is 14.7. The second-order valence-corrected chi connectivity index (χ2v) is 12.9. The van der Waals surface area contributed by atoms with E-state index >= 15 is 0 Å². The molecule has 0 spiro atoms. The smallest absolute Gasteiger partial charge is 0.143 e. The van der Waals surface area contributed by atoms with E-state index in [0.29, 0.717) is 0 Å². The Hall–Kier alpha value is -6.38. The summed E-state index contributed by atoms with van der Waals surface area (Å²) in [6.07, 6.45) is 0. The van der Waals surface area contributed by atoms with Crippen molar-refractivity contribution in [2.24, 2.45) is 0 Å². The van der Waals surface area contributed by atoms with Gasteiger partial charge in [-0.25, -0.2) is 0 Å². The molecule has 0 aliphatic carbocycles. The average molecular weight is 610 g/mol. The van der Waals surface area contributed by atoms with Gasteiger partial charge in [0.2, 0.25) is 0 Å². The molecule has 2 heteroatoms. The molecule has 0 saturated carbocycles. The van der Waals surface area contributed by atoms with Gasteiger partial charge in [-0.05, 0) is 92.5 Å². The molecule has 2 heterocycles. The van der Waals surface area contributed by atoms with E-state index in [0.717, 1.165) is 33.1 Å². The van der Waals surface area contributed by atoms with Crippen LogP contribution in [0, 0.1) is 0 Å². The van der Waals surface area contributed by atoms with Gasteiger partial charge < -0.3 is 8.98 Å². The maximum Gasteiger partial charge on any atom is 0.143 e. The zero-order chi connectivity index (χ0) is 31.3. The lowest BCUT2D eigenvalue weighted by atomic mass is 9.95. The van der Waals surface area contributed by atoms with Crippen LogP contribution < -0.4 is 0 Å². The highest BCUT2D eigenvalue weighted by atomic mass is 16.3. The highest BCUT2D eigenvalue weighted by Crippen LogP contribution is 2.43. The first-order valence-corrected chi connectivity index (χ1v) is 16.5. The summed E-state index contributed by atoms with van der Waals surface area (Å²) in [6.45, 7) is 0. The van der Waals surface area contributed by atoms with E-state index < -0.39 is 0 Å². The zero-order valence-electron chi connectivity index (χ0n) is 25.9. The van der Waals surface area contributed by atoms with Gasteiger partial charge in [-0.2, -0.15) is 0 Å². The Bertz CT molecular complexity index is 3030. The summed E-state index contributed by atoms with van der Waals surface area (Å²) >= 11 is 0. The molecule has 9 aromatic carbocycles. The Morgan fingerprint density at radius 3 is 1.65 bits per heavy atom. The normalized spacial score (nSPS) is 12.2. The number of nitrogens with zero attached hydrogens (tertiary/aromatic N) is 1. The molecule has 0 N–H and O–H groups in total. The van der Waals surface area contributed by atoms with E-state index in [9.17, 15) is 0 Å². The van der Waals surface area contributed by atoms with Crippen molar-refractivity contribution in [3.8, 4) is 16.8 Å². The van der Waals surface area contributed by atoms with Crippen molar-refractivity contribution in [3.05, 3.63) is 164 Å². The number of para-hydroxylation sites is 3. The molecule has 2 aromatic heterocycles. The second-order valence-electron chi connectivity index (χ2n) is 12.9. The lowest BCUT2D eigenvalue weighted by Crippen LogP contribution is -1.98. The molecule has 2 nitrogen and oxygen atoms in total. The summed E-state index contributed by atoms with van der Waals surface area (Å²) in [4.78, 5) is 0. The van der Waals surface area contributed by atoms with Gasteiger partial charge in [0.25, 0.3) is 0 Å². The van der Waals surface area contributed by atoms with Gasteiger partial charge in [-0.15, -0.1) is 0 Å². The van der Waals surface area contributed by atoms with Crippen LogP contribution in [-0.4, -0.2) is 4.57 Å². The van der Waals surface area contributed by atoms with Gasteiger partial charge >= 0.3 is 0 Å². The van der Waals surface area contributed by atoms with Gasteiger partial charge in [-0.1, -0.05) is 109 Å². The first kappa shape index (κ1) is 25.8. The Morgan fingerprint density at radius 1 is 0.354 bits per heavy atom. The van der Waals surface area contributed by atoms with Crippen molar-refractivity contribution < 1.29 is 4.42 Å². The Kier molecular flexibility index (Phi) is 5.14. The number of fused-ring (bicyclic) bond motifs is 10. The van der Waals surface area contributed by atoms with E-state index in [1.807, 2.05) is 6.07 Å². The molecule has 0 aliphatic heterocycles. The van der Waals surface area contributed by atoms with E-state index in [-0.39, 0.29) is 0 Å². The molecule has 0 fully saturated rings. The summed E-state index contributed by atoms with van der Waals surface area (Å²) in [5.74, 6) is 0. The third-order valence-electron chi connectivity index (χ3n) is 10.3. The maximum absolute atomic E-state index is 6.47. The third-order valence-corrected chi connectivity index (χ3v) is 10.3. The van der Waals surface area contributed by atoms with E-state index in [2.05, 4.69) is 162 Å². The van der Waals surface area contributed by atoms with Gasteiger partial charge in [0.15, 0.2) is 0 Å². The highest BCUT2D eigenvalue weighted by molar-refractivity contribution is 6.19. The number of rotatable bonds is 2. The van der Waals surface area contributed by atoms with Crippen molar-refractivity contribution in [2.45, 2.75) is 0 Å². The number of benzene rings is 9. The van der Waals surface area contributed by atoms with Crippen LogP contribution in [-0.2, 0) is 0 Å². The van der Waals surface area contributed by atoms with Gasteiger partial charge in [0.05, 0.1) is 16.7 Å². The largest absolute Gasteiger partial charge is 0.455 e. The Balaban J connectivity index is 1.27. The van der Waals surface area contributed by atoms with Crippen molar-refractivity contribution >= 4 is 86.8 Å². The SMILES string of the molecule is c1ccc2cc3c(-n4c5ccccc5c5cc(-c6cccc7c6oc6ccccc67)ccc54)c4cc5ccccc5cc4cc3cc2c1. The molecule has 11 aromatic rings. The number of hydrogen-bond donors (Lipinski definition) is 0. The minimum absolute atomic E-state index is 0.917. The van der Waals surface area contributed by atoms with E-state index in [1.54, 1.807) is 0 Å². The molecule has 0 saturated heterocycles. The Morgan fingerprint density at radius 2 is 0.917 bits per heavy atom. The van der Waals surface area contributed by atoms with E-state index in [1.165, 1.54) is 70.6 Å². The van der Waals surface area contributed by atoms with Crippen LogP contribution in [0.5, 0.6) is 0 Å². The molecule has 0 aliphatic rings. The fraction of sp³-hybridized carbons (Fsp3) is 0. The van der Waals surface area contributed by atoms with Crippen LogP contribution in [0.25, 0.3) is 104 Å². The van der Waals surface area contributed by atoms with Crippen molar-refractivity contribution in [1.29, 1.82) is 0 Å². The minimum atomic E-state index is 0.917. The number of furan rings is 1. The molecule has 0 amide bonds. The van der Waals surface area contributed by atoms with E-state index in [4.69, 9.17) is 4.42 Å². The second kappa shape index (κ2) is 9.57. The zero-order valence-corrected chi connectivity index (χ0v) is 25.9. The number of aromatic nitrogens is 1. The van der Waals surface area contributed by atoms with Gasteiger partial charge in [0.1, 0.15) is 11.2 Å². The van der Waals surface area contributed by atoms with Gasteiger partial charge in [0, 0.05) is 37.9 Å². The van der Waals surface area contributed by atoms with Crippen LogP contribution in [0.3, 0.4) is 0 Å². The topological polar surface area (TPSA) is 18.1 Å².